The first-order valence-corrected chi connectivity index (χ1v) is 12.2. The number of benzene rings is 2. The van der Waals surface area contributed by atoms with Crippen LogP contribution in [0.4, 0.5) is 11.4 Å². The predicted molar refractivity (Wildman–Crippen MR) is 125 cm³/mol. The van der Waals surface area contributed by atoms with E-state index < -0.39 is 10.0 Å². The van der Waals surface area contributed by atoms with Crippen LogP contribution in [0.1, 0.15) is 41.8 Å². The van der Waals surface area contributed by atoms with Gasteiger partial charge in [-0.1, -0.05) is 19.1 Å². The van der Waals surface area contributed by atoms with E-state index in [1.807, 2.05) is 32.9 Å². The average Bonchev–Trinajstić information content (AvgIpc) is 2.75. The summed E-state index contributed by atoms with van der Waals surface area (Å²) >= 11 is 0. The van der Waals surface area contributed by atoms with Crippen LogP contribution in [0.15, 0.2) is 41.3 Å². The van der Waals surface area contributed by atoms with E-state index in [1.54, 1.807) is 31.2 Å². The molecule has 2 aromatic rings. The first-order valence-electron chi connectivity index (χ1n) is 10.7. The minimum Gasteiger partial charge on any atom is -0.368 e. The van der Waals surface area contributed by atoms with Gasteiger partial charge in [0.25, 0.3) is 15.9 Å². The number of hydrogen-bond donors (Lipinski definition) is 3. The van der Waals surface area contributed by atoms with E-state index in [-0.39, 0.29) is 16.8 Å². The van der Waals surface area contributed by atoms with Crippen molar-refractivity contribution >= 4 is 27.3 Å². The van der Waals surface area contributed by atoms with Crippen LogP contribution in [0.3, 0.4) is 0 Å². The number of anilines is 2. The van der Waals surface area contributed by atoms with Crippen molar-refractivity contribution in [3.63, 3.8) is 0 Å². The lowest BCUT2D eigenvalue weighted by molar-refractivity contribution is 0.0939. The lowest BCUT2D eigenvalue weighted by atomic mass is 10.1. The topological polar surface area (TPSA) is 90.5 Å². The average molecular weight is 445 g/mol. The van der Waals surface area contributed by atoms with Crippen LogP contribution in [-0.2, 0) is 10.0 Å². The first kappa shape index (κ1) is 23.1. The number of aryl methyl sites for hydroxylation is 2. The van der Waals surface area contributed by atoms with Crippen LogP contribution in [0.25, 0.3) is 0 Å². The molecule has 31 heavy (non-hydrogen) atoms. The molecule has 2 aromatic carbocycles. The zero-order chi connectivity index (χ0) is 22.6. The number of carbonyl (C=O) groups is 1. The van der Waals surface area contributed by atoms with Gasteiger partial charge in [-0.15, -0.1) is 0 Å². The van der Waals surface area contributed by atoms with Gasteiger partial charge in [-0.05, 0) is 62.6 Å². The lowest BCUT2D eigenvalue weighted by Gasteiger charge is -2.31. The molecule has 1 atom stereocenters. The molecule has 1 heterocycles. The van der Waals surface area contributed by atoms with E-state index in [0.29, 0.717) is 16.8 Å². The Morgan fingerprint density at radius 1 is 1.13 bits per heavy atom. The molecule has 1 fully saturated rings. The quantitative estimate of drug-likeness (QED) is 0.611. The molecule has 1 saturated heterocycles. The third-order valence-electron chi connectivity index (χ3n) is 5.57. The summed E-state index contributed by atoms with van der Waals surface area (Å²) in [6.45, 7) is 10.9. The minimum absolute atomic E-state index is 0.0265. The lowest BCUT2D eigenvalue weighted by Crippen LogP contribution is -2.44. The Labute approximate surface area is 185 Å². The molecule has 0 radical (unpaired) electrons. The number of amides is 1. The molecular formula is C23H32N4O3S. The van der Waals surface area contributed by atoms with E-state index in [9.17, 15) is 13.2 Å². The van der Waals surface area contributed by atoms with E-state index >= 15 is 0 Å². The number of piperazine rings is 1. The fraction of sp³-hybridized carbons (Fsp3) is 0.435. The van der Waals surface area contributed by atoms with Gasteiger partial charge in [-0.2, -0.15) is 0 Å². The summed E-state index contributed by atoms with van der Waals surface area (Å²) in [4.78, 5) is 15.4. The molecule has 0 aromatic heterocycles. The number of nitrogens with zero attached hydrogens (tertiary/aromatic N) is 1. The van der Waals surface area contributed by atoms with E-state index in [1.165, 1.54) is 0 Å². The van der Waals surface area contributed by atoms with Crippen LogP contribution in [0, 0.1) is 13.8 Å². The maximum absolute atomic E-state index is 13.0. The summed E-state index contributed by atoms with van der Waals surface area (Å²) in [5.74, 6) is -0.198. The Morgan fingerprint density at radius 2 is 1.84 bits per heavy atom. The van der Waals surface area contributed by atoms with E-state index in [4.69, 9.17) is 0 Å². The Balaban J connectivity index is 1.96. The predicted octanol–water partition coefficient (Wildman–Crippen LogP) is 3.04. The van der Waals surface area contributed by atoms with Gasteiger partial charge in [-0.3, -0.25) is 9.52 Å². The summed E-state index contributed by atoms with van der Waals surface area (Å²) in [5.41, 5.74) is 3.20. The third kappa shape index (κ3) is 5.57. The molecule has 0 unspecified atom stereocenters. The standard InChI is InChI=1S/C23H32N4O3S/c1-5-18(4)25-23(28)20-15-19(8-9-21(20)27-12-10-24-11-13-27)26-31(29,30)22-14-16(2)6-7-17(22)3/h6-9,14-15,18,24,26H,5,10-13H2,1-4H3,(H,25,28)/t18-/m1/s1. The van der Waals surface area contributed by atoms with Crippen LogP contribution >= 0.6 is 0 Å². The second kappa shape index (κ2) is 9.70. The molecule has 168 valence electrons. The highest BCUT2D eigenvalue weighted by atomic mass is 32.2. The zero-order valence-electron chi connectivity index (χ0n) is 18.7. The van der Waals surface area contributed by atoms with E-state index in [0.717, 1.165) is 43.9 Å². The van der Waals surface area contributed by atoms with Crippen LogP contribution < -0.4 is 20.3 Å². The molecule has 0 spiro atoms. The minimum atomic E-state index is -3.78. The molecule has 0 aliphatic carbocycles. The van der Waals surface area contributed by atoms with Gasteiger partial charge in [0.05, 0.1) is 10.5 Å². The Kier molecular flexibility index (Phi) is 7.23. The van der Waals surface area contributed by atoms with Crippen molar-refractivity contribution in [2.24, 2.45) is 0 Å². The highest BCUT2D eigenvalue weighted by Crippen LogP contribution is 2.27. The second-order valence-electron chi connectivity index (χ2n) is 8.13. The summed E-state index contributed by atoms with van der Waals surface area (Å²) < 4.78 is 28.7. The van der Waals surface area contributed by atoms with Gasteiger partial charge in [-0.25, -0.2) is 8.42 Å². The fourth-order valence-corrected chi connectivity index (χ4v) is 4.95. The molecule has 0 saturated carbocycles. The number of sulfonamides is 1. The summed E-state index contributed by atoms with van der Waals surface area (Å²) in [6, 6.07) is 10.5. The highest BCUT2D eigenvalue weighted by molar-refractivity contribution is 7.92. The number of hydrogen-bond acceptors (Lipinski definition) is 5. The largest absolute Gasteiger partial charge is 0.368 e. The summed E-state index contributed by atoms with van der Waals surface area (Å²) in [6.07, 6.45) is 0.813. The van der Waals surface area contributed by atoms with Gasteiger partial charge >= 0.3 is 0 Å². The van der Waals surface area contributed by atoms with Crippen molar-refractivity contribution < 1.29 is 13.2 Å². The number of carbonyl (C=O) groups excluding carboxylic acids is 1. The maximum atomic E-state index is 13.0. The van der Waals surface area contributed by atoms with Crippen molar-refractivity contribution in [2.75, 3.05) is 35.8 Å². The van der Waals surface area contributed by atoms with Crippen molar-refractivity contribution in [1.29, 1.82) is 0 Å². The molecule has 0 bridgehead atoms. The Morgan fingerprint density at radius 3 is 2.52 bits per heavy atom. The molecule has 7 nitrogen and oxygen atoms in total. The van der Waals surface area contributed by atoms with Gasteiger partial charge in [0.2, 0.25) is 0 Å². The van der Waals surface area contributed by atoms with Gasteiger partial charge in [0.1, 0.15) is 0 Å². The van der Waals surface area contributed by atoms with Crippen molar-refractivity contribution in [1.82, 2.24) is 10.6 Å². The molecule has 8 heteroatoms. The summed E-state index contributed by atoms with van der Waals surface area (Å²) in [5, 5.41) is 6.32. The van der Waals surface area contributed by atoms with Gasteiger partial charge < -0.3 is 15.5 Å². The molecule has 1 aliphatic rings. The second-order valence-corrected chi connectivity index (χ2v) is 9.78. The van der Waals surface area contributed by atoms with Crippen LogP contribution in [-0.4, -0.2) is 46.5 Å². The summed E-state index contributed by atoms with van der Waals surface area (Å²) in [7, 11) is -3.78. The first-order chi connectivity index (χ1) is 14.7. The highest BCUT2D eigenvalue weighted by Gasteiger charge is 2.22. The Hall–Kier alpha value is -2.58. The molecular weight excluding hydrogens is 412 g/mol. The fourth-order valence-electron chi connectivity index (χ4n) is 3.57. The van der Waals surface area contributed by atoms with Crippen molar-refractivity contribution in [2.45, 2.75) is 45.1 Å². The van der Waals surface area contributed by atoms with Crippen molar-refractivity contribution in [3.05, 3.63) is 53.1 Å². The van der Waals surface area contributed by atoms with Crippen LogP contribution in [0.2, 0.25) is 0 Å². The number of nitrogens with one attached hydrogen (secondary N) is 3. The molecule has 1 aliphatic heterocycles. The van der Waals surface area contributed by atoms with Crippen molar-refractivity contribution in [3.8, 4) is 0 Å². The smallest absolute Gasteiger partial charge is 0.262 e. The SMILES string of the molecule is CC[C@@H](C)NC(=O)c1cc(NS(=O)(=O)c2cc(C)ccc2C)ccc1N1CCNCC1. The van der Waals surface area contributed by atoms with Gasteiger partial charge in [0.15, 0.2) is 0 Å². The third-order valence-corrected chi connectivity index (χ3v) is 7.10. The van der Waals surface area contributed by atoms with Gasteiger partial charge in [0, 0.05) is 43.6 Å². The maximum Gasteiger partial charge on any atom is 0.262 e. The Bertz CT molecular complexity index is 1050. The normalized spacial score (nSPS) is 15.4. The molecule has 1 amide bonds. The zero-order valence-corrected chi connectivity index (χ0v) is 19.5. The monoisotopic (exact) mass is 444 g/mol. The molecule has 3 rings (SSSR count). The molecule has 3 N–H and O–H groups in total. The number of rotatable bonds is 7. The van der Waals surface area contributed by atoms with E-state index in [2.05, 4.69) is 20.3 Å². The van der Waals surface area contributed by atoms with Crippen LogP contribution in [0.5, 0.6) is 0 Å².